The Balaban J connectivity index is 2.46. The summed E-state index contributed by atoms with van der Waals surface area (Å²) in [5, 5.41) is 2.88. The molecule has 0 aromatic rings. The molecule has 5 nitrogen and oxygen atoms in total. The van der Waals surface area contributed by atoms with Gasteiger partial charge in [0.25, 0.3) is 0 Å². The Morgan fingerprint density at radius 1 is 1.39 bits per heavy atom. The number of hydrogen-bond acceptors (Lipinski definition) is 4. The summed E-state index contributed by atoms with van der Waals surface area (Å²) in [5.74, 6) is 0.606. The van der Waals surface area contributed by atoms with Crippen molar-refractivity contribution in [3.63, 3.8) is 0 Å². The maximum absolute atomic E-state index is 12.2. The van der Waals surface area contributed by atoms with Crippen molar-refractivity contribution in [1.82, 2.24) is 9.62 Å². The van der Waals surface area contributed by atoms with Crippen molar-refractivity contribution < 1.29 is 13.2 Å². The van der Waals surface area contributed by atoms with Crippen LogP contribution in [0.4, 0.5) is 0 Å². The van der Waals surface area contributed by atoms with Crippen molar-refractivity contribution in [3.05, 3.63) is 0 Å². The Kier molecular flexibility index (Phi) is 6.55. The minimum atomic E-state index is -3.18. The number of hydrogen-bond donors (Lipinski definition) is 1. The van der Waals surface area contributed by atoms with Crippen molar-refractivity contribution in [1.29, 1.82) is 0 Å². The third kappa shape index (κ3) is 4.19. The quantitative estimate of drug-likeness (QED) is 0.744. The summed E-state index contributed by atoms with van der Waals surface area (Å²) in [6.07, 6.45) is 1.90. The standard InChI is InChI=1S/C12H26N2O3S/c1-4-13-9-12-5-7-14(8-6-12)18(15,16)11(2)10-17-3/h11-13H,4-10H2,1-3H3. The highest BCUT2D eigenvalue weighted by Crippen LogP contribution is 2.21. The first-order chi connectivity index (χ1) is 8.52. The van der Waals surface area contributed by atoms with Gasteiger partial charge in [-0.15, -0.1) is 0 Å². The molecule has 0 aliphatic carbocycles. The molecule has 0 bridgehead atoms. The topological polar surface area (TPSA) is 58.6 Å². The molecule has 1 unspecified atom stereocenters. The lowest BCUT2D eigenvalue weighted by Gasteiger charge is -2.32. The molecule has 1 N–H and O–H groups in total. The third-order valence-electron chi connectivity index (χ3n) is 3.53. The second-order valence-corrected chi connectivity index (χ2v) is 7.31. The van der Waals surface area contributed by atoms with Crippen molar-refractivity contribution >= 4 is 10.0 Å². The lowest BCUT2D eigenvalue weighted by atomic mass is 9.98. The first-order valence-corrected chi connectivity index (χ1v) is 8.21. The van der Waals surface area contributed by atoms with Gasteiger partial charge in [0, 0.05) is 20.2 Å². The molecular formula is C12H26N2O3S. The van der Waals surface area contributed by atoms with E-state index in [2.05, 4.69) is 12.2 Å². The van der Waals surface area contributed by atoms with E-state index in [1.165, 1.54) is 7.11 Å². The molecule has 0 aromatic heterocycles. The van der Waals surface area contributed by atoms with Crippen LogP contribution >= 0.6 is 0 Å². The fourth-order valence-electron chi connectivity index (χ4n) is 2.29. The van der Waals surface area contributed by atoms with Crippen LogP contribution in [0.15, 0.2) is 0 Å². The second kappa shape index (κ2) is 7.43. The Hall–Kier alpha value is -0.170. The van der Waals surface area contributed by atoms with Crippen molar-refractivity contribution in [2.45, 2.75) is 31.9 Å². The van der Waals surface area contributed by atoms with Gasteiger partial charge in [0.15, 0.2) is 0 Å². The zero-order valence-corrected chi connectivity index (χ0v) is 12.5. The van der Waals surface area contributed by atoms with Crippen LogP contribution in [-0.4, -0.2) is 57.9 Å². The van der Waals surface area contributed by atoms with Gasteiger partial charge < -0.3 is 10.1 Å². The van der Waals surface area contributed by atoms with Crippen LogP contribution in [0, 0.1) is 5.92 Å². The van der Waals surface area contributed by atoms with Crippen molar-refractivity contribution in [2.24, 2.45) is 5.92 Å². The third-order valence-corrected chi connectivity index (χ3v) is 5.76. The van der Waals surface area contributed by atoms with Gasteiger partial charge in [0.1, 0.15) is 0 Å². The number of ether oxygens (including phenoxy) is 1. The molecule has 1 rings (SSSR count). The van der Waals surface area contributed by atoms with Crippen LogP contribution in [0.25, 0.3) is 0 Å². The largest absolute Gasteiger partial charge is 0.383 e. The Morgan fingerprint density at radius 3 is 2.50 bits per heavy atom. The van der Waals surface area contributed by atoms with Gasteiger partial charge in [-0.05, 0) is 38.8 Å². The highest BCUT2D eigenvalue weighted by molar-refractivity contribution is 7.89. The molecule has 0 aromatic carbocycles. The van der Waals surface area contributed by atoms with Crippen LogP contribution < -0.4 is 5.32 Å². The summed E-state index contributed by atoms with van der Waals surface area (Å²) in [4.78, 5) is 0. The van der Waals surface area contributed by atoms with E-state index in [4.69, 9.17) is 4.74 Å². The lowest BCUT2D eigenvalue weighted by molar-refractivity contribution is 0.195. The molecule has 0 amide bonds. The molecule has 1 atom stereocenters. The number of rotatable bonds is 7. The smallest absolute Gasteiger partial charge is 0.218 e. The van der Waals surface area contributed by atoms with Crippen molar-refractivity contribution in [3.8, 4) is 0 Å². The molecule has 1 fully saturated rings. The summed E-state index contributed by atoms with van der Waals surface area (Å²) in [5.41, 5.74) is 0. The average molecular weight is 278 g/mol. The fraction of sp³-hybridized carbons (Fsp3) is 1.00. The molecule has 1 heterocycles. The predicted molar refractivity (Wildman–Crippen MR) is 73.1 cm³/mol. The molecule has 1 saturated heterocycles. The van der Waals surface area contributed by atoms with Crippen LogP contribution in [0.2, 0.25) is 0 Å². The Bertz CT molecular complexity index is 324. The number of piperidine rings is 1. The normalized spacial score (nSPS) is 21.1. The van der Waals surface area contributed by atoms with Crippen LogP contribution in [0.1, 0.15) is 26.7 Å². The molecule has 1 aliphatic rings. The Labute approximate surface area is 111 Å². The van der Waals surface area contributed by atoms with Gasteiger partial charge in [0.2, 0.25) is 10.0 Å². The summed E-state index contributed by atoms with van der Waals surface area (Å²) in [6, 6.07) is 0. The number of nitrogens with zero attached hydrogens (tertiary/aromatic N) is 1. The van der Waals surface area contributed by atoms with E-state index in [1.807, 2.05) is 0 Å². The van der Waals surface area contributed by atoms with E-state index in [0.717, 1.165) is 25.9 Å². The first-order valence-electron chi connectivity index (χ1n) is 6.71. The zero-order valence-electron chi connectivity index (χ0n) is 11.7. The van der Waals surface area contributed by atoms with Crippen molar-refractivity contribution in [2.75, 3.05) is 39.9 Å². The van der Waals surface area contributed by atoms with Gasteiger partial charge in [0.05, 0.1) is 11.9 Å². The molecule has 108 valence electrons. The molecule has 0 spiro atoms. The van der Waals surface area contributed by atoms with E-state index >= 15 is 0 Å². The second-order valence-electron chi connectivity index (χ2n) is 4.96. The van der Waals surface area contributed by atoms with Gasteiger partial charge in [-0.1, -0.05) is 6.92 Å². The fourth-order valence-corrected chi connectivity index (χ4v) is 3.83. The number of nitrogens with one attached hydrogen (secondary N) is 1. The molecule has 0 saturated carbocycles. The summed E-state index contributed by atoms with van der Waals surface area (Å²) in [7, 11) is -1.64. The average Bonchev–Trinajstić information content (AvgIpc) is 2.37. The van der Waals surface area contributed by atoms with E-state index in [-0.39, 0.29) is 6.61 Å². The van der Waals surface area contributed by atoms with E-state index in [1.54, 1.807) is 11.2 Å². The van der Waals surface area contributed by atoms with Gasteiger partial charge in [-0.2, -0.15) is 0 Å². The maximum atomic E-state index is 12.2. The summed E-state index contributed by atoms with van der Waals surface area (Å²) < 4.78 is 31.0. The van der Waals surface area contributed by atoms with Crippen LogP contribution in [0.5, 0.6) is 0 Å². The van der Waals surface area contributed by atoms with Gasteiger partial charge in [-0.3, -0.25) is 0 Å². The summed E-state index contributed by atoms with van der Waals surface area (Å²) in [6.45, 7) is 7.33. The number of methoxy groups -OCH3 is 1. The van der Waals surface area contributed by atoms with E-state index < -0.39 is 15.3 Å². The zero-order chi connectivity index (χ0) is 13.6. The molecular weight excluding hydrogens is 252 g/mol. The van der Waals surface area contributed by atoms with Crippen LogP contribution in [-0.2, 0) is 14.8 Å². The van der Waals surface area contributed by atoms with Gasteiger partial charge in [-0.25, -0.2) is 12.7 Å². The minimum absolute atomic E-state index is 0.264. The number of sulfonamides is 1. The van der Waals surface area contributed by atoms with E-state index in [0.29, 0.717) is 19.0 Å². The van der Waals surface area contributed by atoms with E-state index in [9.17, 15) is 8.42 Å². The van der Waals surface area contributed by atoms with Crippen LogP contribution in [0.3, 0.4) is 0 Å². The first kappa shape index (κ1) is 15.9. The lowest BCUT2D eigenvalue weighted by Crippen LogP contribution is -2.45. The monoisotopic (exact) mass is 278 g/mol. The molecule has 6 heteroatoms. The SMILES string of the molecule is CCNCC1CCN(S(=O)(=O)C(C)COC)CC1. The van der Waals surface area contributed by atoms with Gasteiger partial charge >= 0.3 is 0 Å². The minimum Gasteiger partial charge on any atom is -0.383 e. The Morgan fingerprint density at radius 2 is 2.00 bits per heavy atom. The molecule has 0 radical (unpaired) electrons. The highest BCUT2D eigenvalue weighted by Gasteiger charge is 2.31. The maximum Gasteiger partial charge on any atom is 0.218 e. The molecule has 1 aliphatic heterocycles. The predicted octanol–water partition coefficient (Wildman–Crippen LogP) is 0.673. The highest BCUT2D eigenvalue weighted by atomic mass is 32.2. The molecule has 18 heavy (non-hydrogen) atoms. The summed E-state index contributed by atoms with van der Waals surface area (Å²) >= 11 is 0.